The Kier molecular flexibility index (Phi) is 5.59. The van der Waals surface area contributed by atoms with Gasteiger partial charge in [-0.25, -0.2) is 10.9 Å². The van der Waals surface area contributed by atoms with Crippen molar-refractivity contribution in [3.05, 3.63) is 53.6 Å². The van der Waals surface area contributed by atoms with Gasteiger partial charge in [0.2, 0.25) is 0 Å². The number of hydrogen-bond acceptors (Lipinski definition) is 4. The Morgan fingerprint density at radius 1 is 0.939 bits per heavy atom. The smallest absolute Gasteiger partial charge is 0.276 e. The van der Waals surface area contributed by atoms with Crippen LogP contribution in [-0.4, -0.2) is 31.5 Å². The lowest BCUT2D eigenvalue weighted by molar-refractivity contribution is 0.0655. The van der Waals surface area contributed by atoms with Crippen LogP contribution < -0.4 is 5.84 Å². The van der Waals surface area contributed by atoms with Crippen LogP contribution in [0.5, 0.6) is 5.75 Å². The van der Waals surface area contributed by atoms with Gasteiger partial charge < -0.3 is 14.7 Å². The summed E-state index contributed by atoms with van der Waals surface area (Å²) >= 11 is 0. The van der Waals surface area contributed by atoms with E-state index in [9.17, 15) is 14.7 Å². The summed E-state index contributed by atoms with van der Waals surface area (Å²) in [4.78, 5) is 29.3. The minimum absolute atomic E-state index is 0.130. The van der Waals surface area contributed by atoms with Gasteiger partial charge >= 0.3 is 0 Å². The van der Waals surface area contributed by atoms with Gasteiger partial charge in [-0.2, -0.15) is 0 Å². The maximum Gasteiger partial charge on any atom is 0.276 e. The predicted molar refractivity (Wildman–Crippen MR) is 133 cm³/mol. The molecule has 0 unspecified atom stereocenters. The summed E-state index contributed by atoms with van der Waals surface area (Å²) in [6.45, 7) is 8.25. The van der Waals surface area contributed by atoms with Crippen molar-refractivity contribution >= 4 is 55.4 Å². The number of rotatable bonds is 0. The minimum atomic E-state index is -0.516. The van der Waals surface area contributed by atoms with Crippen LogP contribution >= 0.6 is 0 Å². The van der Waals surface area contributed by atoms with Gasteiger partial charge in [-0.15, -0.1) is 0 Å². The number of phenols is 1. The first-order valence-electron chi connectivity index (χ1n) is 11.2. The number of carbonyl (C=O) groups is 2. The van der Waals surface area contributed by atoms with E-state index in [0.717, 1.165) is 32.8 Å². The van der Waals surface area contributed by atoms with E-state index in [2.05, 4.69) is 18.8 Å². The van der Waals surface area contributed by atoms with E-state index in [-0.39, 0.29) is 5.75 Å². The van der Waals surface area contributed by atoms with Crippen LogP contribution in [0.3, 0.4) is 0 Å². The van der Waals surface area contributed by atoms with Crippen LogP contribution in [0.25, 0.3) is 43.6 Å². The Bertz CT molecular complexity index is 1560. The quantitative estimate of drug-likeness (QED) is 0.165. The molecule has 0 saturated heterocycles. The van der Waals surface area contributed by atoms with Gasteiger partial charge in [-0.3, -0.25) is 9.59 Å². The molecule has 4 N–H and O–H groups in total. The Hall–Kier alpha value is -3.84. The number of benzene rings is 3. The molecule has 2 amide bonds. The number of amides is 2. The van der Waals surface area contributed by atoms with E-state index in [4.69, 9.17) is 5.84 Å². The number of hydrogen-bond donors (Lipinski definition) is 3. The highest BCUT2D eigenvalue weighted by Gasteiger charge is 2.40. The average Bonchev–Trinajstić information content (AvgIpc) is 3.41. The molecule has 3 heterocycles. The molecule has 1 aliphatic heterocycles. The molecule has 5 aromatic rings. The lowest BCUT2D eigenvalue weighted by atomic mass is 9.97. The van der Waals surface area contributed by atoms with Crippen molar-refractivity contribution in [2.45, 2.75) is 34.1 Å². The Labute approximate surface area is 191 Å². The number of H-pyrrole nitrogens is 1. The van der Waals surface area contributed by atoms with E-state index >= 15 is 0 Å². The minimum Gasteiger partial charge on any atom is -0.508 e. The third kappa shape index (κ3) is 3.00. The zero-order chi connectivity index (χ0) is 24.0. The van der Waals surface area contributed by atoms with Crippen molar-refractivity contribution in [1.82, 2.24) is 14.6 Å². The SMILES string of the molecule is CC.CCC.Cn1c2cc(O)ccc2c2c3c(c4c5ccccc5[nH]c4c21)C(=O)N(N)C3=O. The molecule has 2 aromatic heterocycles. The number of nitrogens with one attached hydrogen (secondary N) is 1. The monoisotopic (exact) mass is 444 g/mol. The van der Waals surface area contributed by atoms with Crippen molar-refractivity contribution in [3.8, 4) is 5.75 Å². The highest BCUT2D eigenvalue weighted by Crippen LogP contribution is 2.44. The highest BCUT2D eigenvalue weighted by atomic mass is 16.3. The fourth-order valence-corrected chi connectivity index (χ4v) is 4.56. The maximum atomic E-state index is 13.0. The van der Waals surface area contributed by atoms with Crippen LogP contribution in [-0.2, 0) is 7.05 Å². The summed E-state index contributed by atoms with van der Waals surface area (Å²) in [7, 11) is 1.88. The van der Waals surface area contributed by atoms with Crippen LogP contribution in [0.1, 0.15) is 54.8 Å². The normalized spacial score (nSPS) is 12.8. The summed E-state index contributed by atoms with van der Waals surface area (Å²) in [6.07, 6.45) is 1.25. The van der Waals surface area contributed by atoms with Gasteiger partial charge in [0, 0.05) is 40.2 Å². The van der Waals surface area contributed by atoms with Gasteiger partial charge in [-0.05, 0) is 18.2 Å². The largest absolute Gasteiger partial charge is 0.508 e. The first kappa shape index (κ1) is 22.4. The number of para-hydroxylation sites is 1. The molecule has 170 valence electrons. The zero-order valence-electron chi connectivity index (χ0n) is 19.5. The number of nitrogens with zero attached hydrogens (tertiary/aromatic N) is 2. The third-order valence-corrected chi connectivity index (χ3v) is 5.74. The molecular formula is C26H28N4O3. The van der Waals surface area contributed by atoms with E-state index < -0.39 is 11.8 Å². The summed E-state index contributed by atoms with van der Waals surface area (Å²) in [5.41, 5.74) is 3.84. The van der Waals surface area contributed by atoms with Crippen LogP contribution in [0.2, 0.25) is 0 Å². The van der Waals surface area contributed by atoms with Gasteiger partial charge in [0.05, 0.1) is 27.7 Å². The topological polar surface area (TPSA) is 104 Å². The number of nitrogens with two attached hydrogens (primary N) is 1. The lowest BCUT2D eigenvalue weighted by Crippen LogP contribution is -2.36. The van der Waals surface area contributed by atoms with Crippen molar-refractivity contribution in [1.29, 1.82) is 0 Å². The van der Waals surface area contributed by atoms with Crippen LogP contribution in [0.15, 0.2) is 42.5 Å². The molecule has 7 heteroatoms. The predicted octanol–water partition coefficient (Wildman–Crippen LogP) is 5.58. The molecule has 0 aliphatic carbocycles. The molecule has 1 aliphatic rings. The molecule has 6 rings (SSSR count). The second-order valence-electron chi connectivity index (χ2n) is 7.84. The summed E-state index contributed by atoms with van der Waals surface area (Å²) < 4.78 is 1.93. The number of hydrazine groups is 1. The molecule has 0 atom stereocenters. The molecule has 0 fully saturated rings. The van der Waals surface area contributed by atoms with E-state index in [1.54, 1.807) is 18.2 Å². The number of aromatic hydroxyl groups is 1. The standard InChI is InChI=1S/C21H14N4O3.C3H8.C2H6/c1-24-13-8-9(26)6-7-11(13)15-17-16(20(27)25(22)21(17)28)14-10-4-2-3-5-12(10)23-18(14)19(15)24;1-3-2;1-2/h2-8,23,26H,22H2,1H3;3H2,1-2H3;1-2H3. The molecule has 7 nitrogen and oxygen atoms in total. The second kappa shape index (κ2) is 8.26. The molecule has 33 heavy (non-hydrogen) atoms. The fourth-order valence-electron chi connectivity index (χ4n) is 4.56. The van der Waals surface area contributed by atoms with Gasteiger partial charge in [0.25, 0.3) is 11.8 Å². The number of aromatic amines is 1. The number of phenolic OH excluding ortho intramolecular Hbond substituents is 1. The average molecular weight is 445 g/mol. The molecule has 3 aromatic carbocycles. The van der Waals surface area contributed by atoms with Crippen LogP contribution in [0.4, 0.5) is 0 Å². The van der Waals surface area contributed by atoms with Crippen molar-refractivity contribution in [2.75, 3.05) is 0 Å². The van der Waals surface area contributed by atoms with Gasteiger partial charge in [-0.1, -0.05) is 52.3 Å². The summed E-state index contributed by atoms with van der Waals surface area (Å²) in [6, 6.07) is 12.7. The summed E-state index contributed by atoms with van der Waals surface area (Å²) in [5.74, 6) is 4.93. The fraction of sp³-hybridized carbons (Fsp3) is 0.231. The van der Waals surface area contributed by atoms with Crippen molar-refractivity contribution in [3.63, 3.8) is 0 Å². The number of aryl methyl sites for hydroxylation is 1. The zero-order valence-corrected chi connectivity index (χ0v) is 19.5. The molecule has 0 radical (unpaired) electrons. The van der Waals surface area contributed by atoms with Crippen molar-refractivity contribution < 1.29 is 14.7 Å². The Morgan fingerprint density at radius 3 is 2.21 bits per heavy atom. The van der Waals surface area contributed by atoms with E-state index in [0.29, 0.717) is 26.9 Å². The Balaban J connectivity index is 0.000000482. The molecular weight excluding hydrogens is 416 g/mol. The summed E-state index contributed by atoms with van der Waals surface area (Å²) in [5, 5.41) is 13.7. The molecule has 0 saturated carbocycles. The van der Waals surface area contributed by atoms with Crippen LogP contribution in [0, 0.1) is 0 Å². The lowest BCUT2D eigenvalue weighted by Gasteiger charge is -2.04. The molecule has 0 bridgehead atoms. The Morgan fingerprint density at radius 2 is 1.55 bits per heavy atom. The first-order chi connectivity index (χ1) is 15.9. The number of aromatic nitrogens is 2. The third-order valence-electron chi connectivity index (χ3n) is 5.74. The van der Waals surface area contributed by atoms with Crippen molar-refractivity contribution in [2.24, 2.45) is 12.9 Å². The highest BCUT2D eigenvalue weighted by molar-refractivity contribution is 6.39. The number of carbonyl (C=O) groups excluding carboxylic acids is 2. The van der Waals surface area contributed by atoms with E-state index in [1.807, 2.05) is 49.7 Å². The van der Waals surface area contributed by atoms with Gasteiger partial charge in [0.15, 0.2) is 0 Å². The first-order valence-corrected chi connectivity index (χ1v) is 11.2. The maximum absolute atomic E-state index is 13.0. The number of imide groups is 1. The van der Waals surface area contributed by atoms with Gasteiger partial charge in [0.1, 0.15) is 5.75 Å². The van der Waals surface area contributed by atoms with E-state index in [1.165, 1.54) is 6.42 Å². The second-order valence-corrected chi connectivity index (χ2v) is 7.84. The molecule has 0 spiro atoms. The number of fused-ring (bicyclic) bond motifs is 10.